The van der Waals surface area contributed by atoms with E-state index in [0.717, 1.165) is 0 Å². The van der Waals surface area contributed by atoms with Gasteiger partial charge < -0.3 is 0 Å². The average Bonchev–Trinajstić information content (AvgIpc) is 2.17. The number of imide groups is 1. The molecule has 0 aliphatic rings. The minimum Gasteiger partial charge on any atom is -0.277 e. The molecule has 5 nitrogen and oxygen atoms in total. The molecule has 12 heavy (non-hydrogen) atoms. The molecule has 0 spiro atoms. The highest BCUT2D eigenvalue weighted by Crippen LogP contribution is 1.97. The first-order chi connectivity index (χ1) is 5.75. The van der Waals surface area contributed by atoms with E-state index in [1.807, 2.05) is 0 Å². The Labute approximate surface area is 68.8 Å². The highest BCUT2D eigenvalue weighted by atomic mass is 16.2. The number of pyridine rings is 1. The summed E-state index contributed by atoms with van der Waals surface area (Å²) in [6.45, 7) is 0. The molecule has 0 aliphatic carbocycles. The van der Waals surface area contributed by atoms with Gasteiger partial charge in [-0.25, -0.2) is 10.9 Å². The van der Waals surface area contributed by atoms with Crippen molar-refractivity contribution in [2.45, 2.75) is 0 Å². The Bertz CT molecular complexity index is 286. The summed E-state index contributed by atoms with van der Waals surface area (Å²) in [6, 6.07) is 3.12. The number of carbonyl (C=O) groups excluding carboxylic acids is 2. The summed E-state index contributed by atoms with van der Waals surface area (Å²) in [5, 5.41) is 0.469. The number of carbonyl (C=O) groups is 2. The fourth-order valence-corrected chi connectivity index (χ4v) is 0.686. The van der Waals surface area contributed by atoms with Crippen molar-refractivity contribution >= 4 is 12.3 Å². The first-order valence-corrected chi connectivity index (χ1v) is 3.19. The fraction of sp³-hybridized carbons (Fsp3) is 0. The van der Waals surface area contributed by atoms with Crippen LogP contribution in [0.5, 0.6) is 0 Å². The zero-order valence-corrected chi connectivity index (χ0v) is 6.18. The second kappa shape index (κ2) is 3.59. The summed E-state index contributed by atoms with van der Waals surface area (Å²) < 4.78 is 0. The van der Waals surface area contributed by atoms with Gasteiger partial charge in [-0.1, -0.05) is 0 Å². The molecule has 2 N–H and O–H groups in total. The number of hydrogen-bond acceptors (Lipinski definition) is 4. The molecule has 0 aliphatic heterocycles. The molecule has 1 heterocycles. The topological polar surface area (TPSA) is 76.3 Å². The van der Waals surface area contributed by atoms with Crippen LogP contribution in [0.1, 0.15) is 10.4 Å². The highest BCUT2D eigenvalue weighted by molar-refractivity contribution is 5.98. The zero-order valence-electron chi connectivity index (χ0n) is 6.18. The Balaban J connectivity index is 2.85. The maximum Gasteiger partial charge on any atom is 0.276 e. The normalized spacial score (nSPS) is 9.08. The van der Waals surface area contributed by atoms with Crippen molar-refractivity contribution in [2.75, 3.05) is 0 Å². The fourth-order valence-electron chi connectivity index (χ4n) is 0.686. The van der Waals surface area contributed by atoms with E-state index in [4.69, 9.17) is 5.84 Å². The molecule has 0 radical (unpaired) electrons. The van der Waals surface area contributed by atoms with Crippen molar-refractivity contribution in [1.29, 1.82) is 0 Å². The number of aromatic nitrogens is 1. The van der Waals surface area contributed by atoms with Crippen LogP contribution in [-0.4, -0.2) is 22.3 Å². The third-order valence-electron chi connectivity index (χ3n) is 1.26. The van der Waals surface area contributed by atoms with Gasteiger partial charge in [0.1, 0.15) is 0 Å². The minimum atomic E-state index is -0.571. The Hall–Kier alpha value is -1.75. The quantitative estimate of drug-likeness (QED) is 0.279. The SMILES string of the molecule is NN(C=O)C(=O)c1cccnc1. The number of rotatable bonds is 2. The molecule has 0 fully saturated rings. The first-order valence-electron chi connectivity index (χ1n) is 3.19. The van der Waals surface area contributed by atoms with Crippen molar-refractivity contribution < 1.29 is 9.59 Å². The number of nitrogens with zero attached hydrogens (tertiary/aromatic N) is 2. The Morgan fingerprint density at radius 3 is 2.92 bits per heavy atom. The lowest BCUT2D eigenvalue weighted by atomic mass is 10.3. The van der Waals surface area contributed by atoms with E-state index >= 15 is 0 Å². The maximum atomic E-state index is 11.1. The average molecular weight is 165 g/mol. The van der Waals surface area contributed by atoms with E-state index in [1.165, 1.54) is 18.5 Å². The second-order valence-corrected chi connectivity index (χ2v) is 2.06. The lowest BCUT2D eigenvalue weighted by Gasteiger charge is -2.06. The van der Waals surface area contributed by atoms with E-state index in [0.29, 0.717) is 5.01 Å². The van der Waals surface area contributed by atoms with Gasteiger partial charge in [-0.05, 0) is 12.1 Å². The van der Waals surface area contributed by atoms with Gasteiger partial charge >= 0.3 is 0 Å². The predicted octanol–water partition coefficient (Wildman–Crippen LogP) is -0.446. The molecule has 1 rings (SSSR count). The Morgan fingerprint density at radius 2 is 2.42 bits per heavy atom. The molecule has 0 saturated carbocycles. The van der Waals surface area contributed by atoms with Crippen LogP contribution in [0.25, 0.3) is 0 Å². The Kier molecular flexibility index (Phi) is 2.49. The molecule has 0 saturated heterocycles. The van der Waals surface area contributed by atoms with Gasteiger partial charge in [-0.3, -0.25) is 14.6 Å². The van der Waals surface area contributed by atoms with Gasteiger partial charge in [-0.2, -0.15) is 0 Å². The van der Waals surface area contributed by atoms with Crippen molar-refractivity contribution in [1.82, 2.24) is 9.99 Å². The van der Waals surface area contributed by atoms with Crippen LogP contribution in [0.2, 0.25) is 0 Å². The summed E-state index contributed by atoms with van der Waals surface area (Å²) in [4.78, 5) is 24.9. The van der Waals surface area contributed by atoms with E-state index in [1.54, 1.807) is 6.07 Å². The van der Waals surface area contributed by atoms with Gasteiger partial charge in [0.2, 0.25) is 6.41 Å². The lowest BCUT2D eigenvalue weighted by Crippen LogP contribution is -2.35. The predicted molar refractivity (Wildman–Crippen MR) is 40.7 cm³/mol. The lowest BCUT2D eigenvalue weighted by molar-refractivity contribution is -0.116. The van der Waals surface area contributed by atoms with Gasteiger partial charge in [0.05, 0.1) is 5.56 Å². The molecule has 2 amide bonds. The Morgan fingerprint density at radius 1 is 1.67 bits per heavy atom. The van der Waals surface area contributed by atoms with Crippen molar-refractivity contribution in [3.05, 3.63) is 30.1 Å². The van der Waals surface area contributed by atoms with E-state index in [9.17, 15) is 9.59 Å². The van der Waals surface area contributed by atoms with Crippen molar-refractivity contribution in [3.63, 3.8) is 0 Å². The van der Waals surface area contributed by atoms with E-state index in [2.05, 4.69) is 4.98 Å². The number of nitrogens with two attached hydrogens (primary N) is 1. The van der Waals surface area contributed by atoms with Crippen LogP contribution in [0.3, 0.4) is 0 Å². The molecule has 1 aromatic heterocycles. The van der Waals surface area contributed by atoms with E-state index in [-0.39, 0.29) is 12.0 Å². The van der Waals surface area contributed by atoms with Gasteiger partial charge in [0.15, 0.2) is 0 Å². The molecule has 5 heteroatoms. The van der Waals surface area contributed by atoms with Crippen LogP contribution in [-0.2, 0) is 4.79 Å². The van der Waals surface area contributed by atoms with Crippen LogP contribution >= 0.6 is 0 Å². The van der Waals surface area contributed by atoms with Gasteiger partial charge in [-0.15, -0.1) is 0 Å². The molecule has 0 unspecified atom stereocenters. The molecular weight excluding hydrogens is 158 g/mol. The maximum absolute atomic E-state index is 11.1. The number of amides is 2. The number of hydrogen-bond donors (Lipinski definition) is 1. The van der Waals surface area contributed by atoms with E-state index < -0.39 is 5.91 Å². The van der Waals surface area contributed by atoms with Crippen LogP contribution in [0.4, 0.5) is 0 Å². The summed E-state index contributed by atoms with van der Waals surface area (Å²) in [5.41, 5.74) is 0.284. The smallest absolute Gasteiger partial charge is 0.276 e. The molecule has 1 aromatic rings. The van der Waals surface area contributed by atoms with Crippen molar-refractivity contribution in [3.8, 4) is 0 Å². The highest BCUT2D eigenvalue weighted by Gasteiger charge is 2.09. The zero-order chi connectivity index (χ0) is 8.97. The largest absolute Gasteiger partial charge is 0.277 e. The van der Waals surface area contributed by atoms with Crippen LogP contribution in [0, 0.1) is 0 Å². The third kappa shape index (κ3) is 1.64. The minimum absolute atomic E-state index is 0.245. The molecular formula is C7H7N3O2. The second-order valence-electron chi connectivity index (χ2n) is 2.06. The standard InChI is InChI=1S/C7H7N3O2/c8-10(5-11)7(12)6-2-1-3-9-4-6/h1-5H,8H2. The molecule has 62 valence electrons. The summed E-state index contributed by atoms with van der Waals surface area (Å²) in [5.74, 6) is 4.47. The summed E-state index contributed by atoms with van der Waals surface area (Å²) in [7, 11) is 0. The molecule has 0 aromatic carbocycles. The molecule has 0 atom stereocenters. The summed E-state index contributed by atoms with van der Waals surface area (Å²) >= 11 is 0. The monoisotopic (exact) mass is 165 g/mol. The van der Waals surface area contributed by atoms with Gasteiger partial charge in [0.25, 0.3) is 5.91 Å². The van der Waals surface area contributed by atoms with Crippen molar-refractivity contribution in [2.24, 2.45) is 5.84 Å². The van der Waals surface area contributed by atoms with Crippen LogP contribution < -0.4 is 5.84 Å². The van der Waals surface area contributed by atoms with Crippen LogP contribution in [0.15, 0.2) is 24.5 Å². The molecule has 0 bridgehead atoms. The first kappa shape index (κ1) is 8.35. The third-order valence-corrected chi connectivity index (χ3v) is 1.26. The summed E-state index contributed by atoms with van der Waals surface area (Å²) in [6.07, 6.45) is 3.11. The van der Waals surface area contributed by atoms with Gasteiger partial charge in [0, 0.05) is 12.4 Å². The number of hydrazine groups is 1.